The molecule has 1 aliphatic rings. The summed E-state index contributed by atoms with van der Waals surface area (Å²) in [5, 5.41) is 5.87. The predicted molar refractivity (Wildman–Crippen MR) is 75.0 cm³/mol. The van der Waals surface area contributed by atoms with Crippen molar-refractivity contribution in [3.63, 3.8) is 0 Å². The molecule has 0 aromatic heterocycles. The van der Waals surface area contributed by atoms with Crippen molar-refractivity contribution in [2.45, 2.75) is 11.4 Å². The molecule has 0 saturated carbocycles. The zero-order valence-corrected chi connectivity index (χ0v) is 12.2. The average Bonchev–Trinajstić information content (AvgIpc) is 2.23. The summed E-state index contributed by atoms with van der Waals surface area (Å²) in [6.07, 6.45) is 1.17. The number of carbonyl (C=O) groups excluding carboxylic acids is 1. The number of hydrogen-bond donors (Lipinski definition) is 2. The summed E-state index contributed by atoms with van der Waals surface area (Å²) in [7, 11) is -3.15. The number of carbonyl (C=O) groups is 1. The van der Waals surface area contributed by atoms with Crippen LogP contribution in [0.3, 0.4) is 0 Å². The monoisotopic (exact) mass is 304 g/mol. The minimum absolute atomic E-state index is 0. The van der Waals surface area contributed by atoms with E-state index in [1.54, 1.807) is 24.3 Å². The molecule has 1 heterocycles. The quantitative estimate of drug-likeness (QED) is 0.841. The first-order valence-electron chi connectivity index (χ1n) is 5.74. The van der Waals surface area contributed by atoms with E-state index in [2.05, 4.69) is 10.6 Å². The van der Waals surface area contributed by atoms with Crippen LogP contribution in [0.25, 0.3) is 0 Å². The molecule has 0 atom stereocenters. The van der Waals surface area contributed by atoms with Crippen LogP contribution in [0, 0.1) is 5.92 Å². The topological polar surface area (TPSA) is 75.3 Å². The first kappa shape index (κ1) is 15.9. The second kappa shape index (κ2) is 6.36. The fraction of sp³-hybridized carbons (Fsp3) is 0.417. The summed E-state index contributed by atoms with van der Waals surface area (Å²) in [5.74, 6) is 0.112. The van der Waals surface area contributed by atoms with Gasteiger partial charge in [0.2, 0.25) is 5.91 Å². The van der Waals surface area contributed by atoms with Crippen molar-refractivity contribution >= 4 is 28.2 Å². The molecule has 1 aromatic carbocycles. The number of nitrogens with one attached hydrogen (secondary N) is 2. The van der Waals surface area contributed by atoms with Crippen molar-refractivity contribution in [2.24, 2.45) is 5.92 Å². The standard InChI is InChI=1S/C12H16N2O3S.ClH/c1-18(16,17)11-4-2-9(3-5-11)6-14-12(15)10-7-13-8-10;/h2-5,10,13H,6-8H2,1H3,(H,14,15);1H. The fourth-order valence-electron chi connectivity index (χ4n) is 1.66. The number of benzene rings is 1. The largest absolute Gasteiger partial charge is 0.352 e. The van der Waals surface area contributed by atoms with Crippen LogP contribution in [-0.4, -0.2) is 33.7 Å². The molecule has 1 amide bonds. The third kappa shape index (κ3) is 4.19. The van der Waals surface area contributed by atoms with Gasteiger partial charge in [0.05, 0.1) is 10.8 Å². The van der Waals surface area contributed by atoms with Gasteiger partial charge in [-0.2, -0.15) is 0 Å². The molecule has 0 spiro atoms. The first-order chi connectivity index (χ1) is 8.47. The maximum Gasteiger partial charge on any atom is 0.225 e. The smallest absolute Gasteiger partial charge is 0.225 e. The lowest BCUT2D eigenvalue weighted by atomic mass is 10.0. The van der Waals surface area contributed by atoms with Crippen molar-refractivity contribution in [1.29, 1.82) is 0 Å². The summed E-state index contributed by atoms with van der Waals surface area (Å²) in [4.78, 5) is 11.9. The lowest BCUT2D eigenvalue weighted by Gasteiger charge is -2.25. The third-order valence-electron chi connectivity index (χ3n) is 2.97. The molecular weight excluding hydrogens is 288 g/mol. The molecular formula is C12H17ClN2O3S. The van der Waals surface area contributed by atoms with Gasteiger partial charge in [0, 0.05) is 25.9 Å². The van der Waals surface area contributed by atoms with Gasteiger partial charge in [0.1, 0.15) is 0 Å². The molecule has 0 bridgehead atoms. The highest BCUT2D eigenvalue weighted by atomic mass is 35.5. The van der Waals surface area contributed by atoms with Crippen molar-refractivity contribution in [3.05, 3.63) is 29.8 Å². The van der Waals surface area contributed by atoms with Crippen LogP contribution in [0.4, 0.5) is 0 Å². The van der Waals surface area contributed by atoms with E-state index in [1.807, 2.05) is 0 Å². The Kier molecular flexibility index (Phi) is 5.34. The minimum Gasteiger partial charge on any atom is -0.352 e. The van der Waals surface area contributed by atoms with E-state index < -0.39 is 9.84 Å². The van der Waals surface area contributed by atoms with Gasteiger partial charge in [-0.3, -0.25) is 4.79 Å². The third-order valence-corrected chi connectivity index (χ3v) is 4.10. The highest BCUT2D eigenvalue weighted by Crippen LogP contribution is 2.10. The van der Waals surface area contributed by atoms with Crippen molar-refractivity contribution in [2.75, 3.05) is 19.3 Å². The van der Waals surface area contributed by atoms with Crippen LogP contribution >= 0.6 is 12.4 Å². The summed E-state index contributed by atoms with van der Waals surface area (Å²) in [5.41, 5.74) is 0.892. The van der Waals surface area contributed by atoms with E-state index >= 15 is 0 Å². The molecule has 5 nitrogen and oxygen atoms in total. The predicted octanol–water partition coefficient (Wildman–Crippen LogP) is 0.348. The average molecular weight is 305 g/mol. The fourth-order valence-corrected chi connectivity index (χ4v) is 2.29. The van der Waals surface area contributed by atoms with Crippen LogP contribution in [-0.2, 0) is 21.2 Å². The van der Waals surface area contributed by atoms with Crippen LogP contribution in [0.15, 0.2) is 29.2 Å². The molecule has 19 heavy (non-hydrogen) atoms. The number of rotatable bonds is 4. The molecule has 0 unspecified atom stereocenters. The van der Waals surface area contributed by atoms with Crippen LogP contribution in [0.1, 0.15) is 5.56 Å². The lowest BCUT2D eigenvalue weighted by molar-refractivity contribution is -0.126. The van der Waals surface area contributed by atoms with Crippen LogP contribution in [0.2, 0.25) is 0 Å². The Morgan fingerprint density at radius 2 is 1.89 bits per heavy atom. The lowest BCUT2D eigenvalue weighted by Crippen LogP contribution is -2.50. The maximum atomic E-state index is 11.6. The first-order valence-corrected chi connectivity index (χ1v) is 7.63. The van der Waals surface area contributed by atoms with Gasteiger partial charge in [-0.1, -0.05) is 12.1 Å². The van der Waals surface area contributed by atoms with Crippen molar-refractivity contribution in [1.82, 2.24) is 10.6 Å². The Hall–Kier alpha value is -1.11. The van der Waals surface area contributed by atoms with Crippen LogP contribution < -0.4 is 10.6 Å². The number of amides is 1. The van der Waals surface area contributed by atoms with Gasteiger partial charge in [-0.05, 0) is 17.7 Å². The Morgan fingerprint density at radius 3 is 2.32 bits per heavy atom. The highest BCUT2D eigenvalue weighted by molar-refractivity contribution is 7.90. The van der Waals surface area contributed by atoms with E-state index in [9.17, 15) is 13.2 Å². The van der Waals surface area contributed by atoms with Gasteiger partial charge in [0.25, 0.3) is 0 Å². The molecule has 106 valence electrons. The molecule has 0 radical (unpaired) electrons. The van der Waals surface area contributed by atoms with E-state index in [1.165, 1.54) is 6.26 Å². The Balaban J connectivity index is 0.00000180. The second-order valence-corrected chi connectivity index (χ2v) is 6.50. The van der Waals surface area contributed by atoms with Gasteiger partial charge in [-0.15, -0.1) is 12.4 Å². The Bertz CT molecular complexity index is 539. The van der Waals surface area contributed by atoms with Crippen molar-refractivity contribution < 1.29 is 13.2 Å². The zero-order chi connectivity index (χ0) is 13.2. The summed E-state index contributed by atoms with van der Waals surface area (Å²) >= 11 is 0. The molecule has 1 fully saturated rings. The van der Waals surface area contributed by atoms with Gasteiger partial charge in [-0.25, -0.2) is 8.42 Å². The molecule has 2 N–H and O–H groups in total. The maximum absolute atomic E-state index is 11.6. The number of hydrogen-bond acceptors (Lipinski definition) is 4. The summed E-state index contributed by atoms with van der Waals surface area (Å²) < 4.78 is 22.5. The van der Waals surface area contributed by atoms with E-state index in [-0.39, 0.29) is 24.2 Å². The molecule has 0 aliphatic carbocycles. The van der Waals surface area contributed by atoms with Gasteiger partial charge >= 0.3 is 0 Å². The highest BCUT2D eigenvalue weighted by Gasteiger charge is 2.24. The minimum atomic E-state index is -3.15. The van der Waals surface area contributed by atoms with E-state index in [0.717, 1.165) is 18.7 Å². The molecule has 1 saturated heterocycles. The summed E-state index contributed by atoms with van der Waals surface area (Å²) in [6, 6.07) is 6.55. The van der Waals surface area contributed by atoms with E-state index in [4.69, 9.17) is 0 Å². The zero-order valence-electron chi connectivity index (χ0n) is 10.5. The van der Waals surface area contributed by atoms with E-state index in [0.29, 0.717) is 11.4 Å². The number of sulfone groups is 1. The van der Waals surface area contributed by atoms with Gasteiger partial charge in [0.15, 0.2) is 9.84 Å². The number of halogens is 1. The molecule has 7 heteroatoms. The summed E-state index contributed by atoms with van der Waals surface area (Å²) in [6.45, 7) is 1.90. The molecule has 2 rings (SSSR count). The molecule has 1 aliphatic heterocycles. The molecule has 1 aromatic rings. The Morgan fingerprint density at radius 1 is 1.32 bits per heavy atom. The second-order valence-electron chi connectivity index (χ2n) is 4.49. The van der Waals surface area contributed by atoms with Crippen LogP contribution in [0.5, 0.6) is 0 Å². The SMILES string of the molecule is CS(=O)(=O)c1ccc(CNC(=O)C2CNC2)cc1.Cl. The normalized spacial score (nSPS) is 15.2. The Labute approximate surface area is 119 Å². The van der Waals surface area contributed by atoms with Crippen molar-refractivity contribution in [3.8, 4) is 0 Å². The van der Waals surface area contributed by atoms with Gasteiger partial charge < -0.3 is 10.6 Å².